The summed E-state index contributed by atoms with van der Waals surface area (Å²) < 4.78 is 0. The van der Waals surface area contributed by atoms with Crippen molar-refractivity contribution in [3.8, 4) is 0 Å². The smallest absolute Gasteiger partial charge is 0.154 e. The largest absolute Gasteiger partial charge is 0.412 e. The van der Waals surface area contributed by atoms with Crippen LogP contribution in [0.1, 0.15) is 32.1 Å². The Kier molecular flexibility index (Phi) is 7.09. The van der Waals surface area contributed by atoms with Crippen LogP contribution in [0.15, 0.2) is 30.3 Å². The second-order valence-corrected chi connectivity index (χ2v) is 3.98. The number of hydrogen-bond donors (Lipinski definition) is 0. The molecule has 0 spiro atoms. The highest BCUT2D eigenvalue weighted by molar-refractivity contribution is 6.54. The van der Waals surface area contributed by atoms with Crippen LogP contribution in [0.3, 0.4) is 0 Å². The van der Waals surface area contributed by atoms with Gasteiger partial charge in [0.25, 0.3) is 0 Å². The lowest BCUT2D eigenvalue weighted by molar-refractivity contribution is 0.502. The van der Waals surface area contributed by atoms with Gasteiger partial charge in [-0.3, -0.25) is 0 Å². The van der Waals surface area contributed by atoms with Crippen molar-refractivity contribution in [2.24, 2.45) is 0 Å². The van der Waals surface area contributed by atoms with Crippen molar-refractivity contribution in [3.05, 3.63) is 30.3 Å². The molecule has 83 valence electrons. The number of rotatable bonds is 2. The van der Waals surface area contributed by atoms with Crippen LogP contribution in [-0.2, 0) is 0 Å². The molecule has 1 aromatic rings. The van der Waals surface area contributed by atoms with E-state index in [4.69, 9.17) is 0 Å². The Morgan fingerprint density at radius 2 is 1.47 bits per heavy atom. The molecule has 2 rings (SSSR count). The molecule has 4 N–H and O–H groups in total. The fourth-order valence-electron chi connectivity index (χ4n) is 2.14. The van der Waals surface area contributed by atoms with E-state index in [-0.39, 0.29) is 11.0 Å². The standard InChI is InChI=1S/C12H16B.2H2O/c1-3-7-11(8-4-1)13-12-9-5-2-6-10-12;;/h1,3-4,7-8,12H,2,5-6,9-10H2;2*1H2. The maximum atomic E-state index is 2.44. The zero-order chi connectivity index (χ0) is 8.93. The van der Waals surface area contributed by atoms with Gasteiger partial charge in [-0.2, -0.15) is 0 Å². The van der Waals surface area contributed by atoms with Crippen molar-refractivity contribution in [2.45, 2.75) is 37.9 Å². The molecule has 15 heavy (non-hydrogen) atoms. The first-order valence-corrected chi connectivity index (χ1v) is 5.35. The first-order chi connectivity index (χ1) is 6.45. The molecule has 1 fully saturated rings. The van der Waals surface area contributed by atoms with Gasteiger partial charge in [-0.15, -0.1) is 0 Å². The van der Waals surface area contributed by atoms with Crippen molar-refractivity contribution in [2.75, 3.05) is 0 Å². The van der Waals surface area contributed by atoms with Gasteiger partial charge >= 0.3 is 0 Å². The van der Waals surface area contributed by atoms with Gasteiger partial charge in [-0.05, 0) is 0 Å². The van der Waals surface area contributed by atoms with Crippen LogP contribution in [-0.4, -0.2) is 18.2 Å². The summed E-state index contributed by atoms with van der Waals surface area (Å²) in [6.45, 7) is 0. The van der Waals surface area contributed by atoms with Crippen LogP contribution >= 0.6 is 0 Å². The second kappa shape index (κ2) is 7.49. The molecule has 0 bridgehead atoms. The summed E-state index contributed by atoms with van der Waals surface area (Å²) in [6.07, 6.45) is 7.09. The Balaban J connectivity index is 0.000000980. The van der Waals surface area contributed by atoms with E-state index in [1.807, 2.05) is 0 Å². The lowest BCUT2D eigenvalue weighted by Crippen LogP contribution is -2.20. The van der Waals surface area contributed by atoms with Crippen LogP contribution in [0.4, 0.5) is 0 Å². The van der Waals surface area contributed by atoms with Gasteiger partial charge in [0.2, 0.25) is 0 Å². The molecule has 1 aromatic carbocycles. The Labute approximate surface area is 92.6 Å². The summed E-state index contributed by atoms with van der Waals surface area (Å²) in [5.74, 6) is 0.844. The topological polar surface area (TPSA) is 63.0 Å². The summed E-state index contributed by atoms with van der Waals surface area (Å²) in [6, 6.07) is 10.7. The van der Waals surface area contributed by atoms with E-state index in [0.717, 1.165) is 5.82 Å². The fraction of sp³-hybridized carbons (Fsp3) is 0.500. The van der Waals surface area contributed by atoms with E-state index in [2.05, 4.69) is 37.6 Å². The van der Waals surface area contributed by atoms with Crippen LogP contribution in [0.2, 0.25) is 5.82 Å². The Morgan fingerprint density at radius 1 is 0.867 bits per heavy atom. The minimum absolute atomic E-state index is 0. The van der Waals surface area contributed by atoms with Crippen LogP contribution in [0.5, 0.6) is 0 Å². The highest BCUT2D eigenvalue weighted by Gasteiger charge is 2.14. The molecule has 2 nitrogen and oxygen atoms in total. The maximum Gasteiger partial charge on any atom is 0.154 e. The summed E-state index contributed by atoms with van der Waals surface area (Å²) >= 11 is 0. The summed E-state index contributed by atoms with van der Waals surface area (Å²) in [7, 11) is 2.44. The molecule has 0 aliphatic heterocycles. The minimum Gasteiger partial charge on any atom is -0.412 e. The number of benzene rings is 1. The molecule has 0 amide bonds. The summed E-state index contributed by atoms with van der Waals surface area (Å²) in [4.78, 5) is 0. The van der Waals surface area contributed by atoms with Gasteiger partial charge in [0.1, 0.15) is 0 Å². The van der Waals surface area contributed by atoms with Crippen LogP contribution in [0, 0.1) is 0 Å². The molecule has 0 saturated heterocycles. The highest BCUT2D eigenvalue weighted by Crippen LogP contribution is 2.27. The third-order valence-electron chi connectivity index (χ3n) is 2.88. The molecule has 1 aliphatic rings. The predicted molar refractivity (Wildman–Crippen MR) is 65.9 cm³/mol. The zero-order valence-corrected chi connectivity index (χ0v) is 9.08. The van der Waals surface area contributed by atoms with Gasteiger partial charge in [0, 0.05) is 0 Å². The van der Waals surface area contributed by atoms with Crippen molar-refractivity contribution < 1.29 is 11.0 Å². The molecule has 0 atom stereocenters. The van der Waals surface area contributed by atoms with E-state index < -0.39 is 0 Å². The van der Waals surface area contributed by atoms with E-state index in [9.17, 15) is 0 Å². The SMILES string of the molecule is O.O.[B](c1ccccc1)C1CCCCC1. The second-order valence-electron chi connectivity index (χ2n) is 3.98. The van der Waals surface area contributed by atoms with Gasteiger partial charge in [-0.25, -0.2) is 0 Å². The zero-order valence-electron chi connectivity index (χ0n) is 9.08. The third kappa shape index (κ3) is 4.49. The van der Waals surface area contributed by atoms with E-state index in [0.29, 0.717) is 0 Å². The summed E-state index contributed by atoms with van der Waals surface area (Å²) in [5.41, 5.74) is 1.40. The molecular formula is C12H20BO2. The molecule has 0 heterocycles. The van der Waals surface area contributed by atoms with Crippen molar-refractivity contribution >= 4 is 12.7 Å². The monoisotopic (exact) mass is 207 g/mol. The van der Waals surface area contributed by atoms with Crippen LogP contribution < -0.4 is 5.46 Å². The number of hydrogen-bond acceptors (Lipinski definition) is 0. The Morgan fingerprint density at radius 3 is 2.07 bits per heavy atom. The van der Waals surface area contributed by atoms with Gasteiger partial charge in [0.15, 0.2) is 7.28 Å². The van der Waals surface area contributed by atoms with Crippen molar-refractivity contribution in [1.29, 1.82) is 0 Å². The van der Waals surface area contributed by atoms with Crippen molar-refractivity contribution in [3.63, 3.8) is 0 Å². The van der Waals surface area contributed by atoms with Crippen LogP contribution in [0.25, 0.3) is 0 Å². The average molecular weight is 207 g/mol. The normalized spacial score (nSPS) is 16.0. The van der Waals surface area contributed by atoms with Gasteiger partial charge in [-0.1, -0.05) is 73.7 Å². The molecule has 1 aliphatic carbocycles. The molecular weight excluding hydrogens is 187 g/mol. The van der Waals surface area contributed by atoms with E-state index in [1.165, 1.54) is 37.6 Å². The first kappa shape index (κ1) is 14.2. The summed E-state index contributed by atoms with van der Waals surface area (Å²) in [5, 5.41) is 0. The van der Waals surface area contributed by atoms with E-state index in [1.54, 1.807) is 0 Å². The lowest BCUT2D eigenvalue weighted by Gasteiger charge is -2.20. The van der Waals surface area contributed by atoms with E-state index >= 15 is 0 Å². The fourth-order valence-corrected chi connectivity index (χ4v) is 2.14. The minimum atomic E-state index is 0. The van der Waals surface area contributed by atoms with Crippen molar-refractivity contribution in [1.82, 2.24) is 0 Å². The third-order valence-corrected chi connectivity index (χ3v) is 2.88. The average Bonchev–Trinajstić information content (AvgIpc) is 2.21. The Hall–Kier alpha value is -0.795. The predicted octanol–water partition coefficient (Wildman–Crippen LogP) is 1.12. The highest BCUT2D eigenvalue weighted by atomic mass is 16.0. The molecule has 1 radical (unpaired) electrons. The molecule has 1 saturated carbocycles. The van der Waals surface area contributed by atoms with Gasteiger partial charge < -0.3 is 11.0 Å². The molecule has 3 heteroatoms. The maximum absolute atomic E-state index is 2.44. The first-order valence-electron chi connectivity index (χ1n) is 5.35. The quantitative estimate of drug-likeness (QED) is 0.652. The molecule has 0 unspecified atom stereocenters. The Bertz CT molecular complexity index is 245. The molecule has 0 aromatic heterocycles. The lowest BCUT2D eigenvalue weighted by atomic mass is 9.55. The van der Waals surface area contributed by atoms with Gasteiger partial charge in [0.05, 0.1) is 0 Å².